The van der Waals surface area contributed by atoms with Gasteiger partial charge >= 0.3 is 0 Å². The predicted molar refractivity (Wildman–Crippen MR) is 71.2 cm³/mol. The molecule has 1 rings (SSSR count). The Hall–Kier alpha value is -1.87. The zero-order chi connectivity index (χ0) is 15.3. The minimum Gasteiger partial charge on any atom is -0.492 e. The Kier molecular flexibility index (Phi) is 5.28. The first-order chi connectivity index (χ1) is 9.31. The van der Waals surface area contributed by atoms with Crippen LogP contribution in [-0.4, -0.2) is 35.0 Å². The molecule has 0 aliphatic heterocycles. The summed E-state index contributed by atoms with van der Waals surface area (Å²) in [7, 11) is -1.27. The molecule has 9 heteroatoms. The number of hydrogen-bond donors (Lipinski definition) is 3. The number of rotatable bonds is 6. The van der Waals surface area contributed by atoms with Crippen molar-refractivity contribution < 1.29 is 22.3 Å². The number of nitrogens with one attached hydrogen (secondary N) is 2. The fourth-order valence-corrected chi connectivity index (χ4v) is 2.54. The van der Waals surface area contributed by atoms with Gasteiger partial charge in [-0.2, -0.15) is 0 Å². The van der Waals surface area contributed by atoms with Gasteiger partial charge in [-0.15, -0.1) is 0 Å². The number of benzene rings is 1. The van der Waals surface area contributed by atoms with Crippen molar-refractivity contribution in [2.75, 3.05) is 26.4 Å². The van der Waals surface area contributed by atoms with Crippen molar-refractivity contribution in [2.45, 2.75) is 11.3 Å². The fraction of sp³-hybridized carbons (Fsp3) is 0.364. The van der Waals surface area contributed by atoms with Gasteiger partial charge in [-0.05, 0) is 12.1 Å². The van der Waals surface area contributed by atoms with Gasteiger partial charge in [0, 0.05) is 20.0 Å². The number of amides is 1. The first-order valence-corrected chi connectivity index (χ1v) is 7.13. The number of nitrogen functional groups attached to an aromatic ring is 1. The van der Waals surface area contributed by atoms with Crippen molar-refractivity contribution in [3.8, 4) is 5.75 Å². The van der Waals surface area contributed by atoms with E-state index < -0.39 is 15.8 Å². The molecular weight excluding hydrogens is 289 g/mol. The molecule has 0 saturated heterocycles. The summed E-state index contributed by atoms with van der Waals surface area (Å²) in [6, 6.07) is 1.89. The summed E-state index contributed by atoms with van der Waals surface area (Å²) in [4.78, 5) is 10.7. The first-order valence-electron chi connectivity index (χ1n) is 5.65. The summed E-state index contributed by atoms with van der Waals surface area (Å²) in [5, 5.41) is 2.35. The maximum atomic E-state index is 13.6. The lowest BCUT2D eigenvalue weighted by atomic mass is 10.3. The van der Waals surface area contributed by atoms with E-state index in [2.05, 4.69) is 10.0 Å². The highest BCUT2D eigenvalue weighted by Gasteiger charge is 2.19. The molecule has 0 saturated carbocycles. The molecule has 0 atom stereocenters. The van der Waals surface area contributed by atoms with E-state index in [1.165, 1.54) is 14.2 Å². The van der Waals surface area contributed by atoms with Gasteiger partial charge in [0.05, 0.1) is 17.7 Å². The summed E-state index contributed by atoms with van der Waals surface area (Å²) in [5.74, 6) is -1.40. The van der Waals surface area contributed by atoms with Gasteiger partial charge in [-0.3, -0.25) is 4.79 Å². The zero-order valence-electron chi connectivity index (χ0n) is 11.1. The predicted octanol–water partition coefficient (Wildman–Crippen LogP) is -0.169. The van der Waals surface area contributed by atoms with Crippen molar-refractivity contribution >= 4 is 21.6 Å². The van der Waals surface area contributed by atoms with Gasteiger partial charge in [-0.1, -0.05) is 0 Å². The van der Waals surface area contributed by atoms with Crippen molar-refractivity contribution in [1.29, 1.82) is 0 Å². The van der Waals surface area contributed by atoms with Crippen LogP contribution in [0.3, 0.4) is 0 Å². The Bertz CT molecular complexity index is 581. The van der Waals surface area contributed by atoms with Crippen molar-refractivity contribution in [2.24, 2.45) is 0 Å². The van der Waals surface area contributed by atoms with E-state index in [9.17, 15) is 17.6 Å². The second-order valence-electron chi connectivity index (χ2n) is 3.85. The van der Waals surface area contributed by atoms with E-state index in [1.54, 1.807) is 0 Å². The number of hydrogen-bond acceptors (Lipinski definition) is 5. The zero-order valence-corrected chi connectivity index (χ0v) is 11.9. The summed E-state index contributed by atoms with van der Waals surface area (Å²) < 4.78 is 44.3. The van der Waals surface area contributed by atoms with Gasteiger partial charge in [0.1, 0.15) is 0 Å². The van der Waals surface area contributed by atoms with Gasteiger partial charge < -0.3 is 15.8 Å². The van der Waals surface area contributed by atoms with E-state index in [-0.39, 0.29) is 35.2 Å². The van der Waals surface area contributed by atoms with Crippen LogP contribution in [0, 0.1) is 5.82 Å². The smallest absolute Gasteiger partial charge is 0.240 e. The van der Waals surface area contributed by atoms with Gasteiger partial charge in [0.2, 0.25) is 15.9 Å². The lowest BCUT2D eigenvalue weighted by Crippen LogP contribution is -2.29. The Labute approximate surface area is 116 Å². The summed E-state index contributed by atoms with van der Waals surface area (Å²) in [6.07, 6.45) is -0.0240. The molecule has 0 aliphatic rings. The van der Waals surface area contributed by atoms with Crippen LogP contribution in [0.2, 0.25) is 0 Å². The number of nitrogens with two attached hydrogens (primary N) is 1. The van der Waals surface area contributed by atoms with Gasteiger partial charge in [-0.25, -0.2) is 17.5 Å². The van der Waals surface area contributed by atoms with E-state index in [0.717, 1.165) is 12.1 Å². The number of halogens is 1. The van der Waals surface area contributed by atoms with Crippen LogP contribution >= 0.6 is 0 Å². The average molecular weight is 305 g/mol. The third kappa shape index (κ3) is 3.81. The van der Waals surface area contributed by atoms with Crippen LogP contribution in [0.5, 0.6) is 5.75 Å². The summed E-state index contributed by atoms with van der Waals surface area (Å²) in [6.45, 7) is -0.102. The molecule has 4 N–H and O–H groups in total. The topological polar surface area (TPSA) is 111 Å². The molecule has 0 radical (unpaired) electrons. The second kappa shape index (κ2) is 6.53. The molecular formula is C11H16FN3O4S. The minimum absolute atomic E-state index is 0.0240. The number of sulfonamides is 1. The lowest BCUT2D eigenvalue weighted by molar-refractivity contribution is -0.120. The molecule has 20 heavy (non-hydrogen) atoms. The summed E-state index contributed by atoms with van der Waals surface area (Å²) >= 11 is 0. The molecule has 112 valence electrons. The molecule has 0 aliphatic carbocycles. The highest BCUT2D eigenvalue weighted by Crippen LogP contribution is 2.28. The van der Waals surface area contributed by atoms with Crippen LogP contribution in [-0.2, 0) is 14.8 Å². The van der Waals surface area contributed by atoms with Crippen molar-refractivity contribution in [1.82, 2.24) is 10.0 Å². The minimum atomic E-state index is -3.94. The second-order valence-corrected chi connectivity index (χ2v) is 5.62. The molecule has 1 aromatic rings. The Morgan fingerprint density at radius 2 is 2.10 bits per heavy atom. The highest BCUT2D eigenvalue weighted by atomic mass is 32.2. The van der Waals surface area contributed by atoms with Gasteiger partial charge in [0.15, 0.2) is 11.6 Å². The molecule has 1 aromatic carbocycles. The van der Waals surface area contributed by atoms with Crippen LogP contribution in [0.25, 0.3) is 0 Å². The monoisotopic (exact) mass is 305 g/mol. The molecule has 0 spiro atoms. The summed E-state index contributed by atoms with van der Waals surface area (Å²) in [5.41, 5.74) is 5.38. The standard InChI is InChI=1S/C11H16FN3O4S/c1-14-10(16)3-4-15-20(17,18)7-5-8(12)11(19-2)9(13)6-7/h5-6,15H,3-4,13H2,1-2H3,(H,14,16). The largest absolute Gasteiger partial charge is 0.492 e. The normalized spacial score (nSPS) is 11.2. The van der Waals surface area contributed by atoms with E-state index in [1.807, 2.05) is 0 Å². The van der Waals surface area contributed by atoms with Crippen molar-refractivity contribution in [3.63, 3.8) is 0 Å². The molecule has 0 aromatic heterocycles. The maximum Gasteiger partial charge on any atom is 0.240 e. The molecule has 0 unspecified atom stereocenters. The Balaban J connectivity index is 2.91. The number of carbonyl (C=O) groups excluding carboxylic acids is 1. The number of carbonyl (C=O) groups is 1. The van der Waals surface area contributed by atoms with E-state index in [4.69, 9.17) is 10.5 Å². The molecule has 7 nitrogen and oxygen atoms in total. The quantitative estimate of drug-likeness (QED) is 0.632. The fourth-order valence-electron chi connectivity index (χ4n) is 1.47. The van der Waals surface area contributed by atoms with Crippen LogP contribution in [0.15, 0.2) is 17.0 Å². The molecule has 0 heterocycles. The maximum absolute atomic E-state index is 13.6. The van der Waals surface area contributed by atoms with Crippen LogP contribution < -0.4 is 20.5 Å². The van der Waals surface area contributed by atoms with Gasteiger partial charge in [0.25, 0.3) is 0 Å². The van der Waals surface area contributed by atoms with E-state index >= 15 is 0 Å². The van der Waals surface area contributed by atoms with E-state index in [0.29, 0.717) is 0 Å². The third-order valence-corrected chi connectivity index (χ3v) is 3.92. The number of anilines is 1. The number of methoxy groups -OCH3 is 1. The Morgan fingerprint density at radius 3 is 2.60 bits per heavy atom. The molecule has 0 fully saturated rings. The highest BCUT2D eigenvalue weighted by molar-refractivity contribution is 7.89. The first kappa shape index (κ1) is 16.2. The van der Waals surface area contributed by atoms with Crippen molar-refractivity contribution in [3.05, 3.63) is 17.9 Å². The molecule has 1 amide bonds. The lowest BCUT2D eigenvalue weighted by Gasteiger charge is -2.10. The van der Waals surface area contributed by atoms with Crippen LogP contribution in [0.1, 0.15) is 6.42 Å². The SMILES string of the molecule is CNC(=O)CCNS(=O)(=O)c1cc(N)c(OC)c(F)c1. The average Bonchev–Trinajstić information content (AvgIpc) is 2.37. The van der Waals surface area contributed by atoms with Crippen LogP contribution in [0.4, 0.5) is 10.1 Å². The molecule has 0 bridgehead atoms. The number of ether oxygens (including phenoxy) is 1. The third-order valence-electron chi connectivity index (χ3n) is 2.48. The Morgan fingerprint density at radius 1 is 1.45 bits per heavy atom.